The van der Waals surface area contributed by atoms with E-state index in [2.05, 4.69) is 21.6 Å². The van der Waals surface area contributed by atoms with Gasteiger partial charge in [-0.2, -0.15) is 0 Å². The number of thioether (sulfide) groups is 1. The van der Waals surface area contributed by atoms with Crippen LogP contribution in [0.2, 0.25) is 0 Å². The standard InChI is InChI=1S/C20H21N3O3S/c1-14-10-15(2)12-16(11-14)19-22-23-20(26-19)27-13-18(24)21-8-9-25-17-6-4-3-5-7-17/h3-7,10-12H,8-9,13H2,1-2H3,(H,21,24). The Kier molecular flexibility index (Phi) is 6.49. The smallest absolute Gasteiger partial charge is 0.277 e. The minimum Gasteiger partial charge on any atom is -0.492 e. The first-order valence-corrected chi connectivity index (χ1v) is 9.58. The fourth-order valence-corrected chi connectivity index (χ4v) is 3.13. The van der Waals surface area contributed by atoms with Gasteiger partial charge in [-0.15, -0.1) is 10.2 Å². The maximum atomic E-state index is 11.9. The van der Waals surface area contributed by atoms with E-state index in [-0.39, 0.29) is 11.7 Å². The van der Waals surface area contributed by atoms with Crippen LogP contribution in [0.25, 0.3) is 11.5 Å². The van der Waals surface area contributed by atoms with Crippen molar-refractivity contribution < 1.29 is 13.9 Å². The van der Waals surface area contributed by atoms with E-state index < -0.39 is 0 Å². The van der Waals surface area contributed by atoms with Crippen LogP contribution in [0.3, 0.4) is 0 Å². The molecular formula is C20H21N3O3S. The van der Waals surface area contributed by atoms with Crippen LogP contribution in [-0.4, -0.2) is 35.0 Å². The number of rotatable bonds is 8. The van der Waals surface area contributed by atoms with Gasteiger partial charge in [0.2, 0.25) is 11.8 Å². The van der Waals surface area contributed by atoms with Gasteiger partial charge in [0.25, 0.3) is 5.22 Å². The van der Waals surface area contributed by atoms with Crippen molar-refractivity contribution in [1.29, 1.82) is 0 Å². The lowest BCUT2D eigenvalue weighted by atomic mass is 10.1. The molecule has 0 unspecified atom stereocenters. The number of amides is 1. The highest BCUT2D eigenvalue weighted by Gasteiger charge is 2.11. The highest BCUT2D eigenvalue weighted by molar-refractivity contribution is 7.99. The van der Waals surface area contributed by atoms with Crippen LogP contribution >= 0.6 is 11.8 Å². The Morgan fingerprint density at radius 2 is 1.85 bits per heavy atom. The number of ether oxygens (including phenoxy) is 1. The summed E-state index contributed by atoms with van der Waals surface area (Å²) in [5.41, 5.74) is 3.15. The van der Waals surface area contributed by atoms with Gasteiger partial charge in [0.15, 0.2) is 0 Å². The van der Waals surface area contributed by atoms with Crippen molar-refractivity contribution in [3.8, 4) is 17.2 Å². The Labute approximate surface area is 162 Å². The average Bonchev–Trinajstić information content (AvgIpc) is 3.13. The van der Waals surface area contributed by atoms with Crippen LogP contribution in [-0.2, 0) is 4.79 Å². The van der Waals surface area contributed by atoms with Crippen LogP contribution < -0.4 is 10.1 Å². The Balaban J connectivity index is 1.42. The van der Waals surface area contributed by atoms with Crippen LogP contribution in [0.1, 0.15) is 11.1 Å². The SMILES string of the molecule is Cc1cc(C)cc(-c2nnc(SCC(=O)NCCOc3ccccc3)o2)c1. The maximum Gasteiger partial charge on any atom is 0.277 e. The second-order valence-electron chi connectivity index (χ2n) is 6.05. The summed E-state index contributed by atoms with van der Waals surface area (Å²) in [7, 11) is 0. The van der Waals surface area contributed by atoms with Crippen molar-refractivity contribution in [1.82, 2.24) is 15.5 Å². The van der Waals surface area contributed by atoms with E-state index in [0.717, 1.165) is 22.4 Å². The minimum atomic E-state index is -0.109. The van der Waals surface area contributed by atoms with Gasteiger partial charge in [-0.1, -0.05) is 47.2 Å². The molecule has 7 heteroatoms. The second kappa shape index (κ2) is 9.23. The minimum absolute atomic E-state index is 0.109. The topological polar surface area (TPSA) is 77.2 Å². The molecule has 0 saturated carbocycles. The number of carbonyl (C=O) groups is 1. The molecule has 0 atom stereocenters. The van der Waals surface area contributed by atoms with Gasteiger partial charge in [0.1, 0.15) is 12.4 Å². The van der Waals surface area contributed by atoms with E-state index in [0.29, 0.717) is 24.3 Å². The largest absolute Gasteiger partial charge is 0.492 e. The lowest BCUT2D eigenvalue weighted by Gasteiger charge is -2.06. The number of hydrogen-bond donors (Lipinski definition) is 1. The van der Waals surface area contributed by atoms with Gasteiger partial charge in [0, 0.05) is 5.56 Å². The Morgan fingerprint density at radius 1 is 1.11 bits per heavy atom. The molecule has 0 spiro atoms. The van der Waals surface area contributed by atoms with Crippen molar-refractivity contribution in [2.75, 3.05) is 18.9 Å². The van der Waals surface area contributed by atoms with E-state index in [1.54, 1.807) is 0 Å². The predicted octanol–water partition coefficient (Wildman–Crippen LogP) is 3.64. The summed E-state index contributed by atoms with van der Waals surface area (Å²) < 4.78 is 11.2. The van der Waals surface area contributed by atoms with Gasteiger partial charge in [-0.05, 0) is 38.1 Å². The van der Waals surface area contributed by atoms with E-state index >= 15 is 0 Å². The second-order valence-corrected chi connectivity index (χ2v) is 6.98. The molecule has 0 saturated heterocycles. The van der Waals surface area contributed by atoms with Crippen molar-refractivity contribution in [3.05, 3.63) is 59.7 Å². The normalized spacial score (nSPS) is 10.6. The van der Waals surface area contributed by atoms with Crippen molar-refractivity contribution in [2.24, 2.45) is 0 Å². The van der Waals surface area contributed by atoms with Crippen molar-refractivity contribution in [2.45, 2.75) is 19.1 Å². The molecule has 3 aromatic rings. The van der Waals surface area contributed by atoms with E-state index in [4.69, 9.17) is 9.15 Å². The first-order chi connectivity index (χ1) is 13.1. The number of para-hydroxylation sites is 1. The summed E-state index contributed by atoms with van der Waals surface area (Å²) in [5.74, 6) is 1.34. The number of nitrogens with one attached hydrogen (secondary N) is 1. The summed E-state index contributed by atoms with van der Waals surface area (Å²) >= 11 is 1.21. The fraction of sp³-hybridized carbons (Fsp3) is 0.250. The van der Waals surface area contributed by atoms with Crippen LogP contribution in [0, 0.1) is 13.8 Å². The monoisotopic (exact) mass is 383 g/mol. The molecule has 1 heterocycles. The van der Waals surface area contributed by atoms with E-state index in [1.807, 2.05) is 56.3 Å². The first kappa shape index (κ1) is 19.0. The molecule has 0 radical (unpaired) electrons. The molecule has 0 aliphatic heterocycles. The summed E-state index contributed by atoms with van der Waals surface area (Å²) in [5, 5.41) is 11.2. The third kappa shape index (κ3) is 5.86. The lowest BCUT2D eigenvalue weighted by molar-refractivity contribution is -0.118. The number of hydrogen-bond acceptors (Lipinski definition) is 6. The van der Waals surface area contributed by atoms with Gasteiger partial charge >= 0.3 is 0 Å². The highest BCUT2D eigenvalue weighted by Crippen LogP contribution is 2.24. The van der Waals surface area contributed by atoms with Crippen LogP contribution in [0.15, 0.2) is 58.2 Å². The zero-order chi connectivity index (χ0) is 19.1. The number of nitrogens with zero attached hydrogens (tertiary/aromatic N) is 2. The van der Waals surface area contributed by atoms with Crippen LogP contribution in [0.5, 0.6) is 5.75 Å². The number of aryl methyl sites for hydroxylation is 2. The van der Waals surface area contributed by atoms with Gasteiger partial charge in [-0.25, -0.2) is 0 Å². The molecule has 0 aliphatic carbocycles. The average molecular weight is 383 g/mol. The number of benzene rings is 2. The lowest BCUT2D eigenvalue weighted by Crippen LogP contribution is -2.29. The van der Waals surface area contributed by atoms with Gasteiger partial charge < -0.3 is 14.5 Å². The fourth-order valence-electron chi connectivity index (χ4n) is 2.54. The number of aromatic nitrogens is 2. The maximum absolute atomic E-state index is 11.9. The molecule has 1 aromatic heterocycles. The summed E-state index contributed by atoms with van der Waals surface area (Å²) in [4.78, 5) is 11.9. The van der Waals surface area contributed by atoms with Gasteiger partial charge in [-0.3, -0.25) is 4.79 Å². The molecule has 0 bridgehead atoms. The molecule has 1 N–H and O–H groups in total. The Morgan fingerprint density at radius 3 is 2.59 bits per heavy atom. The molecule has 140 valence electrons. The number of carbonyl (C=O) groups excluding carboxylic acids is 1. The third-order valence-corrected chi connectivity index (χ3v) is 4.46. The predicted molar refractivity (Wildman–Crippen MR) is 105 cm³/mol. The van der Waals surface area contributed by atoms with E-state index in [1.165, 1.54) is 11.8 Å². The van der Waals surface area contributed by atoms with Gasteiger partial charge in [0.05, 0.1) is 12.3 Å². The molecular weight excluding hydrogens is 362 g/mol. The Bertz CT molecular complexity index is 876. The molecule has 0 aliphatic rings. The summed E-state index contributed by atoms with van der Waals surface area (Å²) in [6.07, 6.45) is 0. The van der Waals surface area contributed by atoms with Crippen LogP contribution in [0.4, 0.5) is 0 Å². The first-order valence-electron chi connectivity index (χ1n) is 8.60. The van der Waals surface area contributed by atoms with Crippen molar-refractivity contribution >= 4 is 17.7 Å². The molecule has 1 amide bonds. The highest BCUT2D eigenvalue weighted by atomic mass is 32.2. The quantitative estimate of drug-likeness (QED) is 0.473. The zero-order valence-electron chi connectivity index (χ0n) is 15.3. The zero-order valence-corrected chi connectivity index (χ0v) is 16.1. The molecule has 27 heavy (non-hydrogen) atoms. The summed E-state index contributed by atoms with van der Waals surface area (Å²) in [6, 6.07) is 15.6. The third-order valence-electron chi connectivity index (χ3n) is 3.64. The summed E-state index contributed by atoms with van der Waals surface area (Å²) in [6.45, 7) is 4.90. The molecule has 2 aromatic carbocycles. The van der Waals surface area contributed by atoms with E-state index in [9.17, 15) is 4.79 Å². The molecule has 3 rings (SSSR count). The molecule has 0 fully saturated rings. The molecule has 6 nitrogen and oxygen atoms in total. The Hall–Kier alpha value is -2.80. The van der Waals surface area contributed by atoms with Crippen molar-refractivity contribution in [3.63, 3.8) is 0 Å².